The highest BCUT2D eigenvalue weighted by molar-refractivity contribution is 7.15. The summed E-state index contributed by atoms with van der Waals surface area (Å²) in [6, 6.07) is 1.15. The smallest absolute Gasteiger partial charge is 0.194 e. The first-order chi connectivity index (χ1) is 12.7. The number of aromatic nitrogens is 2. The second kappa shape index (κ2) is 7.94. The molecule has 1 N–H and O–H groups in total. The minimum atomic E-state index is 0.280. The number of hydrogen-bond donors (Lipinski definition) is 1. The Bertz CT molecular complexity index is 721. The molecule has 2 aromatic heterocycles. The Balaban J connectivity index is 1.44. The lowest BCUT2D eigenvalue weighted by molar-refractivity contribution is 0.00553. The summed E-state index contributed by atoms with van der Waals surface area (Å²) in [5, 5.41) is 11.7. The third kappa shape index (κ3) is 3.68. The van der Waals surface area contributed by atoms with E-state index in [9.17, 15) is 5.11 Å². The van der Waals surface area contributed by atoms with Crippen LogP contribution in [0.5, 0.6) is 0 Å². The van der Waals surface area contributed by atoms with Gasteiger partial charge >= 0.3 is 0 Å². The molecular weight excluding hydrogens is 346 g/mol. The topological polar surface area (TPSA) is 47.2 Å². The number of aryl methyl sites for hydroxylation is 1. The maximum atomic E-state index is 9.61. The van der Waals surface area contributed by atoms with Crippen LogP contribution in [0.15, 0.2) is 11.6 Å². The quantitative estimate of drug-likeness (QED) is 0.859. The van der Waals surface area contributed by atoms with Crippen LogP contribution in [0.2, 0.25) is 0 Å². The molecule has 0 aliphatic carbocycles. The van der Waals surface area contributed by atoms with Gasteiger partial charge < -0.3 is 10.0 Å². The molecule has 0 aromatic carbocycles. The van der Waals surface area contributed by atoms with E-state index in [4.69, 9.17) is 0 Å². The number of aliphatic hydroxyl groups is 1. The summed E-state index contributed by atoms with van der Waals surface area (Å²) in [6.45, 7) is 9.01. The molecule has 4 rings (SSSR count). The Kier molecular flexibility index (Phi) is 5.61. The van der Waals surface area contributed by atoms with E-state index >= 15 is 0 Å². The van der Waals surface area contributed by atoms with E-state index in [0.29, 0.717) is 12.1 Å². The number of likely N-dealkylation sites (tertiary alicyclic amines) is 1. The Morgan fingerprint density at radius 3 is 2.81 bits per heavy atom. The van der Waals surface area contributed by atoms with Crippen LogP contribution in [0, 0.1) is 6.92 Å². The molecule has 0 amide bonds. The van der Waals surface area contributed by atoms with Crippen LogP contribution in [-0.2, 0) is 6.54 Å². The van der Waals surface area contributed by atoms with Crippen molar-refractivity contribution in [2.45, 2.75) is 44.8 Å². The zero-order valence-electron chi connectivity index (χ0n) is 16.0. The van der Waals surface area contributed by atoms with Gasteiger partial charge in [0.25, 0.3) is 0 Å². The second-order valence-electron chi connectivity index (χ2n) is 7.87. The average Bonchev–Trinajstić information content (AvgIpc) is 3.19. The Labute approximate surface area is 160 Å². The minimum Gasteiger partial charge on any atom is -0.396 e. The minimum absolute atomic E-state index is 0.280. The van der Waals surface area contributed by atoms with Gasteiger partial charge in [0.15, 0.2) is 4.96 Å². The fraction of sp³-hybridized carbons (Fsp3) is 0.737. The van der Waals surface area contributed by atoms with Gasteiger partial charge in [0, 0.05) is 56.4 Å². The summed E-state index contributed by atoms with van der Waals surface area (Å²) in [5.41, 5.74) is 2.46. The number of piperazine rings is 1. The molecule has 6 nitrogen and oxygen atoms in total. The van der Waals surface area contributed by atoms with Crippen LogP contribution in [0.3, 0.4) is 0 Å². The Morgan fingerprint density at radius 2 is 2.04 bits per heavy atom. The van der Waals surface area contributed by atoms with Gasteiger partial charge in [-0.25, -0.2) is 4.98 Å². The number of thiazole rings is 1. The number of imidazole rings is 1. The van der Waals surface area contributed by atoms with Gasteiger partial charge in [-0.2, -0.15) is 0 Å². The fourth-order valence-corrected chi connectivity index (χ4v) is 5.41. The SMILES string of the molecule is Cc1nc2sccn2c1CN1CCN(C2CCN(C)CC2)[C@H](CCO)C1. The van der Waals surface area contributed by atoms with E-state index in [2.05, 4.69) is 49.6 Å². The lowest BCUT2D eigenvalue weighted by Gasteiger charge is -2.47. The van der Waals surface area contributed by atoms with Crippen LogP contribution in [0.1, 0.15) is 30.7 Å². The number of aliphatic hydroxyl groups excluding tert-OH is 1. The number of rotatable bonds is 5. The lowest BCUT2D eigenvalue weighted by atomic mass is 9.98. The summed E-state index contributed by atoms with van der Waals surface area (Å²) < 4.78 is 2.24. The molecule has 0 spiro atoms. The highest BCUT2D eigenvalue weighted by Gasteiger charge is 2.33. The van der Waals surface area contributed by atoms with Crippen LogP contribution < -0.4 is 0 Å². The Hall–Kier alpha value is -0.990. The predicted octanol–water partition coefficient (Wildman–Crippen LogP) is 1.67. The maximum absolute atomic E-state index is 9.61. The van der Waals surface area contributed by atoms with Gasteiger partial charge in [-0.15, -0.1) is 11.3 Å². The van der Waals surface area contributed by atoms with Crippen molar-refractivity contribution < 1.29 is 5.11 Å². The summed E-state index contributed by atoms with van der Waals surface area (Å²) in [4.78, 5) is 13.5. The van der Waals surface area contributed by atoms with E-state index in [1.165, 1.54) is 31.6 Å². The first-order valence-electron chi connectivity index (χ1n) is 9.84. The molecule has 144 valence electrons. The van der Waals surface area contributed by atoms with E-state index in [1.807, 2.05) is 0 Å². The normalized spacial score (nSPS) is 24.7. The largest absolute Gasteiger partial charge is 0.396 e. The molecule has 26 heavy (non-hydrogen) atoms. The lowest BCUT2D eigenvalue weighted by Crippen LogP contribution is -2.58. The highest BCUT2D eigenvalue weighted by atomic mass is 32.1. The predicted molar refractivity (Wildman–Crippen MR) is 106 cm³/mol. The number of nitrogens with zero attached hydrogens (tertiary/aromatic N) is 5. The van der Waals surface area contributed by atoms with Gasteiger partial charge in [0.05, 0.1) is 11.4 Å². The molecule has 2 aliphatic rings. The number of piperidine rings is 1. The average molecular weight is 378 g/mol. The molecule has 0 bridgehead atoms. The van der Waals surface area contributed by atoms with Crippen molar-refractivity contribution in [1.29, 1.82) is 0 Å². The number of hydrogen-bond acceptors (Lipinski definition) is 6. The fourth-order valence-electron chi connectivity index (χ4n) is 4.63. The monoisotopic (exact) mass is 377 g/mol. The van der Waals surface area contributed by atoms with E-state index in [-0.39, 0.29) is 6.61 Å². The third-order valence-electron chi connectivity index (χ3n) is 6.17. The molecule has 0 radical (unpaired) electrons. The van der Waals surface area contributed by atoms with Gasteiger partial charge in [-0.1, -0.05) is 0 Å². The van der Waals surface area contributed by atoms with Crippen LogP contribution in [-0.4, -0.2) is 87.7 Å². The van der Waals surface area contributed by atoms with Crippen LogP contribution >= 0.6 is 11.3 Å². The van der Waals surface area contributed by atoms with Crippen molar-refractivity contribution in [2.24, 2.45) is 0 Å². The summed E-state index contributed by atoms with van der Waals surface area (Å²) >= 11 is 1.70. The molecule has 7 heteroatoms. The first-order valence-corrected chi connectivity index (χ1v) is 10.7. The van der Waals surface area contributed by atoms with Gasteiger partial charge in [-0.3, -0.25) is 14.2 Å². The second-order valence-corrected chi connectivity index (χ2v) is 8.75. The van der Waals surface area contributed by atoms with E-state index in [1.54, 1.807) is 11.3 Å². The van der Waals surface area contributed by atoms with Gasteiger partial charge in [-0.05, 0) is 46.3 Å². The molecule has 0 unspecified atom stereocenters. The van der Waals surface area contributed by atoms with Gasteiger partial charge in [0.2, 0.25) is 0 Å². The zero-order chi connectivity index (χ0) is 18.1. The molecule has 4 heterocycles. The summed E-state index contributed by atoms with van der Waals surface area (Å²) in [6.07, 6.45) is 5.53. The van der Waals surface area contributed by atoms with Crippen molar-refractivity contribution in [3.63, 3.8) is 0 Å². The van der Waals surface area contributed by atoms with Crippen molar-refractivity contribution in [2.75, 3.05) is 46.4 Å². The first kappa shape index (κ1) is 18.4. The zero-order valence-corrected chi connectivity index (χ0v) is 16.8. The molecule has 2 fully saturated rings. The number of fused-ring (bicyclic) bond motifs is 1. The van der Waals surface area contributed by atoms with Gasteiger partial charge in [0.1, 0.15) is 0 Å². The van der Waals surface area contributed by atoms with Crippen molar-refractivity contribution in [1.82, 2.24) is 24.1 Å². The maximum Gasteiger partial charge on any atom is 0.194 e. The van der Waals surface area contributed by atoms with E-state index in [0.717, 1.165) is 43.3 Å². The summed E-state index contributed by atoms with van der Waals surface area (Å²) in [7, 11) is 2.22. The Morgan fingerprint density at radius 1 is 1.23 bits per heavy atom. The molecule has 0 saturated carbocycles. The van der Waals surface area contributed by atoms with Crippen molar-refractivity contribution >= 4 is 16.3 Å². The molecule has 2 saturated heterocycles. The molecule has 2 aromatic rings. The molecular formula is C19H31N5OS. The van der Waals surface area contributed by atoms with Crippen molar-refractivity contribution in [3.05, 3.63) is 23.0 Å². The molecule has 2 aliphatic heterocycles. The highest BCUT2D eigenvalue weighted by Crippen LogP contribution is 2.25. The van der Waals surface area contributed by atoms with Crippen LogP contribution in [0.25, 0.3) is 4.96 Å². The van der Waals surface area contributed by atoms with E-state index < -0.39 is 0 Å². The van der Waals surface area contributed by atoms with Crippen LogP contribution in [0.4, 0.5) is 0 Å². The molecule has 1 atom stereocenters. The standard InChI is InChI=1S/C19H31N5OS/c1-15-18(24-10-12-26-19(24)20-15)14-22-8-9-23(17(13-22)5-11-25)16-3-6-21(2)7-4-16/h10,12,16-17,25H,3-9,11,13-14H2,1-2H3/t17-/m1/s1. The van der Waals surface area contributed by atoms with Crippen molar-refractivity contribution in [3.8, 4) is 0 Å². The summed E-state index contributed by atoms with van der Waals surface area (Å²) in [5.74, 6) is 0. The third-order valence-corrected chi connectivity index (χ3v) is 6.92.